The maximum atomic E-state index is 4.66. The van der Waals surface area contributed by atoms with Crippen molar-refractivity contribution in [2.75, 3.05) is 6.54 Å². The first-order valence-electron chi connectivity index (χ1n) is 7.68. The van der Waals surface area contributed by atoms with Gasteiger partial charge in [-0.15, -0.1) is 11.3 Å². The predicted molar refractivity (Wildman–Crippen MR) is 96.7 cm³/mol. The fraction of sp³-hybridized carbons (Fsp3) is 0.222. The number of nitrogens with zero attached hydrogens (tertiary/aromatic N) is 3. The van der Waals surface area contributed by atoms with Gasteiger partial charge in [-0.25, -0.2) is 9.67 Å². The van der Waals surface area contributed by atoms with Gasteiger partial charge < -0.3 is 5.32 Å². The summed E-state index contributed by atoms with van der Waals surface area (Å²) in [4.78, 5) is 4.66. The van der Waals surface area contributed by atoms with Crippen molar-refractivity contribution in [2.45, 2.75) is 20.3 Å². The first-order valence-corrected chi connectivity index (χ1v) is 8.56. The number of benzene rings is 1. The Hall–Kier alpha value is -2.40. The Morgan fingerprint density at radius 3 is 3.04 bits per heavy atom. The Bertz CT molecular complexity index is 816. The fourth-order valence-corrected chi connectivity index (χ4v) is 3.07. The molecule has 0 aliphatic rings. The highest BCUT2D eigenvalue weighted by Gasteiger charge is 2.10. The molecule has 0 fully saturated rings. The molecule has 4 nitrogen and oxygen atoms in total. The van der Waals surface area contributed by atoms with Gasteiger partial charge in [0.25, 0.3) is 0 Å². The summed E-state index contributed by atoms with van der Waals surface area (Å²) < 4.78 is 1.88. The molecule has 0 spiro atoms. The molecule has 0 bridgehead atoms. The van der Waals surface area contributed by atoms with Crippen LogP contribution in [-0.4, -0.2) is 21.3 Å². The van der Waals surface area contributed by atoms with E-state index < -0.39 is 0 Å². The molecular weight excluding hydrogens is 304 g/mol. The molecular formula is C18H20N4S. The summed E-state index contributed by atoms with van der Waals surface area (Å²) >= 11 is 1.61. The normalized spacial score (nSPS) is 10.7. The van der Waals surface area contributed by atoms with E-state index >= 15 is 0 Å². The Balaban J connectivity index is 1.81. The van der Waals surface area contributed by atoms with Crippen LogP contribution in [0.3, 0.4) is 0 Å². The summed E-state index contributed by atoms with van der Waals surface area (Å²) in [6, 6.07) is 8.28. The summed E-state index contributed by atoms with van der Waals surface area (Å²) in [6.07, 6.45) is 4.94. The summed E-state index contributed by atoms with van der Waals surface area (Å²) in [6.45, 7) is 9.17. The third-order valence-electron chi connectivity index (χ3n) is 3.50. The number of nitrogens with one attached hydrogen (secondary N) is 1. The lowest BCUT2D eigenvalue weighted by atomic mass is 10.2. The van der Waals surface area contributed by atoms with Crippen LogP contribution in [0.15, 0.2) is 48.6 Å². The topological polar surface area (TPSA) is 42.7 Å². The van der Waals surface area contributed by atoms with E-state index in [1.165, 1.54) is 5.56 Å². The third-order valence-corrected chi connectivity index (χ3v) is 4.39. The van der Waals surface area contributed by atoms with Crippen LogP contribution in [0.5, 0.6) is 0 Å². The average Bonchev–Trinajstić information content (AvgIpc) is 3.21. The molecule has 0 aliphatic heterocycles. The van der Waals surface area contributed by atoms with E-state index in [9.17, 15) is 0 Å². The van der Waals surface area contributed by atoms with E-state index in [2.05, 4.69) is 48.0 Å². The van der Waals surface area contributed by atoms with E-state index in [-0.39, 0.29) is 0 Å². The van der Waals surface area contributed by atoms with E-state index in [4.69, 9.17) is 0 Å². The molecule has 2 heterocycles. The van der Waals surface area contributed by atoms with E-state index in [0.717, 1.165) is 40.6 Å². The lowest BCUT2D eigenvalue weighted by Crippen LogP contribution is -2.12. The van der Waals surface area contributed by atoms with Gasteiger partial charge in [0.05, 0.1) is 23.3 Å². The van der Waals surface area contributed by atoms with Crippen molar-refractivity contribution in [3.8, 4) is 16.3 Å². The maximum Gasteiger partial charge on any atom is 0.127 e. The van der Waals surface area contributed by atoms with Gasteiger partial charge in [0.1, 0.15) is 5.01 Å². The maximum absolute atomic E-state index is 4.66. The lowest BCUT2D eigenvalue weighted by molar-refractivity contribution is 0.822. The zero-order valence-electron chi connectivity index (χ0n) is 13.4. The molecule has 3 aromatic rings. The molecule has 0 unspecified atom stereocenters. The third kappa shape index (κ3) is 3.51. The minimum atomic E-state index is 0.875. The predicted octanol–water partition coefficient (Wildman–Crippen LogP) is 4.27. The highest BCUT2D eigenvalue weighted by atomic mass is 32.1. The molecule has 118 valence electrons. The first kappa shape index (κ1) is 15.5. The van der Waals surface area contributed by atoms with Gasteiger partial charge in [0, 0.05) is 23.7 Å². The second-order valence-corrected chi connectivity index (χ2v) is 6.31. The minimum Gasteiger partial charge on any atom is -0.384 e. The fourth-order valence-electron chi connectivity index (χ4n) is 2.26. The van der Waals surface area contributed by atoms with Crippen LogP contribution in [0.25, 0.3) is 22.0 Å². The van der Waals surface area contributed by atoms with Gasteiger partial charge in [0.15, 0.2) is 0 Å². The second-order valence-electron chi connectivity index (χ2n) is 5.46. The first-order chi connectivity index (χ1) is 11.2. The van der Waals surface area contributed by atoms with Crippen LogP contribution in [0, 0.1) is 6.92 Å². The summed E-state index contributed by atoms with van der Waals surface area (Å²) in [5.41, 5.74) is 5.07. The SMILES string of the molecule is C=C(NCCC)c1csc(-c2cnn(-c3cccc(C)c3)c2)n1. The zero-order valence-corrected chi connectivity index (χ0v) is 14.2. The van der Waals surface area contributed by atoms with Gasteiger partial charge in [-0.2, -0.15) is 5.10 Å². The molecule has 0 aliphatic carbocycles. The Labute approximate surface area is 140 Å². The Kier molecular flexibility index (Phi) is 4.57. The van der Waals surface area contributed by atoms with Crippen LogP contribution in [0.2, 0.25) is 0 Å². The van der Waals surface area contributed by atoms with Gasteiger partial charge in [-0.1, -0.05) is 25.6 Å². The summed E-state index contributed by atoms with van der Waals surface area (Å²) in [7, 11) is 0. The van der Waals surface area contributed by atoms with Crippen molar-refractivity contribution in [3.05, 3.63) is 59.9 Å². The molecule has 1 aromatic carbocycles. The molecule has 1 N–H and O–H groups in total. The number of rotatable bonds is 6. The molecule has 0 amide bonds. The number of hydrogen-bond donors (Lipinski definition) is 1. The number of hydrogen-bond acceptors (Lipinski definition) is 4. The highest BCUT2D eigenvalue weighted by molar-refractivity contribution is 7.13. The summed E-state index contributed by atoms with van der Waals surface area (Å²) in [5.74, 6) is 0. The average molecular weight is 324 g/mol. The van der Waals surface area contributed by atoms with E-state index in [1.807, 2.05) is 34.6 Å². The largest absolute Gasteiger partial charge is 0.384 e. The molecule has 2 aromatic heterocycles. The van der Waals surface area contributed by atoms with Gasteiger partial charge in [-0.3, -0.25) is 0 Å². The number of aryl methyl sites for hydroxylation is 1. The molecule has 3 rings (SSSR count). The highest BCUT2D eigenvalue weighted by Crippen LogP contribution is 2.26. The molecule has 23 heavy (non-hydrogen) atoms. The standard InChI is InChI=1S/C18H20N4S/c1-4-8-19-14(3)17-12-23-18(21-17)15-10-20-22(11-15)16-7-5-6-13(2)9-16/h5-7,9-12,19H,3-4,8H2,1-2H3. The monoisotopic (exact) mass is 324 g/mol. The smallest absolute Gasteiger partial charge is 0.127 e. The molecule has 0 saturated carbocycles. The van der Waals surface area contributed by atoms with Crippen LogP contribution in [-0.2, 0) is 0 Å². The quantitative estimate of drug-likeness (QED) is 0.736. The van der Waals surface area contributed by atoms with Crippen molar-refractivity contribution in [1.82, 2.24) is 20.1 Å². The van der Waals surface area contributed by atoms with E-state index in [1.54, 1.807) is 11.3 Å². The molecule has 0 radical (unpaired) electrons. The molecule has 0 atom stereocenters. The van der Waals surface area contributed by atoms with Gasteiger partial charge in [0.2, 0.25) is 0 Å². The second kappa shape index (κ2) is 6.79. The summed E-state index contributed by atoms with van der Waals surface area (Å²) in [5, 5.41) is 10.7. The molecule has 5 heteroatoms. The Morgan fingerprint density at radius 2 is 2.26 bits per heavy atom. The number of aromatic nitrogens is 3. The van der Waals surface area contributed by atoms with Crippen LogP contribution in [0.4, 0.5) is 0 Å². The molecule has 0 saturated heterocycles. The van der Waals surface area contributed by atoms with Crippen molar-refractivity contribution in [2.24, 2.45) is 0 Å². The van der Waals surface area contributed by atoms with Crippen molar-refractivity contribution < 1.29 is 0 Å². The Morgan fingerprint density at radius 1 is 1.39 bits per heavy atom. The van der Waals surface area contributed by atoms with Crippen LogP contribution in [0.1, 0.15) is 24.6 Å². The van der Waals surface area contributed by atoms with E-state index in [0.29, 0.717) is 0 Å². The lowest BCUT2D eigenvalue weighted by Gasteiger charge is -2.04. The minimum absolute atomic E-state index is 0.875. The zero-order chi connectivity index (χ0) is 16.2. The van der Waals surface area contributed by atoms with Crippen molar-refractivity contribution >= 4 is 17.0 Å². The van der Waals surface area contributed by atoms with Gasteiger partial charge >= 0.3 is 0 Å². The van der Waals surface area contributed by atoms with Crippen molar-refractivity contribution in [1.29, 1.82) is 0 Å². The number of thiazole rings is 1. The van der Waals surface area contributed by atoms with Crippen LogP contribution < -0.4 is 5.32 Å². The van der Waals surface area contributed by atoms with Crippen LogP contribution >= 0.6 is 11.3 Å². The van der Waals surface area contributed by atoms with Gasteiger partial charge in [-0.05, 0) is 31.0 Å². The van der Waals surface area contributed by atoms with Crippen molar-refractivity contribution in [3.63, 3.8) is 0 Å².